The first-order valence-electron chi connectivity index (χ1n) is 10.1. The van der Waals surface area contributed by atoms with Crippen molar-refractivity contribution in [2.24, 2.45) is 5.92 Å². The number of rotatable bonds is 5. The van der Waals surface area contributed by atoms with Crippen molar-refractivity contribution >= 4 is 35.0 Å². The predicted octanol–water partition coefficient (Wildman–Crippen LogP) is 3.97. The van der Waals surface area contributed by atoms with Gasteiger partial charge >= 0.3 is 0 Å². The first kappa shape index (κ1) is 21.8. The van der Waals surface area contributed by atoms with Crippen molar-refractivity contribution in [3.05, 3.63) is 64.7 Å². The third-order valence-corrected chi connectivity index (χ3v) is 5.35. The van der Waals surface area contributed by atoms with Crippen LogP contribution in [0, 0.1) is 5.92 Å². The first-order chi connectivity index (χ1) is 14.3. The van der Waals surface area contributed by atoms with Crippen molar-refractivity contribution < 1.29 is 14.4 Å². The summed E-state index contributed by atoms with van der Waals surface area (Å²) in [6.07, 6.45) is 1.59. The second kappa shape index (κ2) is 9.76. The molecule has 1 aliphatic rings. The Bertz CT molecular complexity index is 928. The zero-order chi connectivity index (χ0) is 21.7. The van der Waals surface area contributed by atoms with Crippen molar-refractivity contribution in [3.63, 3.8) is 0 Å². The molecule has 158 valence electrons. The third-order valence-electron chi connectivity index (χ3n) is 5.02. The summed E-state index contributed by atoms with van der Waals surface area (Å²) in [5, 5.41) is 6.09. The molecule has 0 bridgehead atoms. The fourth-order valence-corrected chi connectivity index (χ4v) is 3.72. The lowest BCUT2D eigenvalue weighted by atomic mass is 9.96. The topological polar surface area (TPSA) is 78.5 Å². The molecular weight excluding hydrogens is 402 g/mol. The molecule has 1 aliphatic heterocycles. The fourth-order valence-electron chi connectivity index (χ4n) is 3.50. The number of anilines is 1. The summed E-state index contributed by atoms with van der Waals surface area (Å²) in [4.78, 5) is 39.3. The number of amides is 3. The van der Waals surface area contributed by atoms with Crippen LogP contribution in [0.25, 0.3) is 0 Å². The van der Waals surface area contributed by atoms with Gasteiger partial charge in [0.1, 0.15) is 0 Å². The Labute approximate surface area is 181 Å². The monoisotopic (exact) mass is 427 g/mol. The molecule has 1 heterocycles. The van der Waals surface area contributed by atoms with Gasteiger partial charge in [0, 0.05) is 30.4 Å². The molecule has 2 N–H and O–H groups in total. The largest absolute Gasteiger partial charge is 0.354 e. The predicted molar refractivity (Wildman–Crippen MR) is 118 cm³/mol. The van der Waals surface area contributed by atoms with Crippen LogP contribution in [0.5, 0.6) is 0 Å². The van der Waals surface area contributed by atoms with Crippen molar-refractivity contribution in [1.29, 1.82) is 0 Å². The van der Waals surface area contributed by atoms with Gasteiger partial charge in [-0.2, -0.15) is 0 Å². The molecule has 7 heteroatoms. The lowest BCUT2D eigenvalue weighted by Gasteiger charge is -2.32. The van der Waals surface area contributed by atoms with Gasteiger partial charge in [0.05, 0.1) is 16.5 Å². The average Bonchev–Trinajstić information content (AvgIpc) is 2.73. The maximum atomic E-state index is 12.9. The SMILES string of the molecule is CC(C)NC(=O)[C@@H]1CCCN(C(=O)c2ccc(NC(=O)c3ccccc3Cl)cc2)C1. The summed E-state index contributed by atoms with van der Waals surface area (Å²) in [5.74, 6) is -0.602. The summed E-state index contributed by atoms with van der Waals surface area (Å²) in [7, 11) is 0. The zero-order valence-corrected chi connectivity index (χ0v) is 17.9. The maximum Gasteiger partial charge on any atom is 0.257 e. The normalized spacial score (nSPS) is 16.3. The van der Waals surface area contributed by atoms with Crippen molar-refractivity contribution in [2.45, 2.75) is 32.7 Å². The van der Waals surface area contributed by atoms with E-state index in [1.54, 1.807) is 53.4 Å². The smallest absolute Gasteiger partial charge is 0.257 e. The first-order valence-corrected chi connectivity index (χ1v) is 10.5. The van der Waals surface area contributed by atoms with Crippen LogP contribution in [-0.2, 0) is 4.79 Å². The number of carbonyl (C=O) groups excluding carboxylic acids is 3. The van der Waals surface area contributed by atoms with Crippen LogP contribution < -0.4 is 10.6 Å². The highest BCUT2D eigenvalue weighted by Crippen LogP contribution is 2.21. The van der Waals surface area contributed by atoms with Gasteiger partial charge in [-0.25, -0.2) is 0 Å². The molecule has 0 spiro atoms. The van der Waals surface area contributed by atoms with Crippen LogP contribution in [0.3, 0.4) is 0 Å². The molecule has 1 saturated heterocycles. The summed E-state index contributed by atoms with van der Waals surface area (Å²) >= 11 is 6.06. The van der Waals surface area contributed by atoms with Gasteiger partial charge in [-0.1, -0.05) is 23.7 Å². The van der Waals surface area contributed by atoms with Crippen LogP contribution in [0.15, 0.2) is 48.5 Å². The molecule has 2 aromatic carbocycles. The highest BCUT2D eigenvalue weighted by atomic mass is 35.5. The van der Waals surface area contributed by atoms with E-state index in [0.29, 0.717) is 34.9 Å². The van der Waals surface area contributed by atoms with Gasteiger partial charge in [0.2, 0.25) is 5.91 Å². The van der Waals surface area contributed by atoms with Gasteiger partial charge in [-0.3, -0.25) is 14.4 Å². The minimum Gasteiger partial charge on any atom is -0.354 e. The number of carbonyl (C=O) groups is 3. The standard InChI is InChI=1S/C23H26ClN3O3/c1-15(2)25-21(28)17-6-5-13-27(14-17)23(30)16-9-11-18(12-10-16)26-22(29)19-7-3-4-8-20(19)24/h3-4,7-12,15,17H,5-6,13-14H2,1-2H3,(H,25,28)(H,26,29)/t17-/m1/s1. The molecule has 0 saturated carbocycles. The highest BCUT2D eigenvalue weighted by Gasteiger charge is 2.29. The minimum absolute atomic E-state index is 0.000123. The number of halogens is 1. The Morgan fingerprint density at radius 3 is 2.43 bits per heavy atom. The number of benzene rings is 2. The van der Waals surface area contributed by atoms with Gasteiger partial charge in [0.15, 0.2) is 0 Å². The molecule has 0 radical (unpaired) electrons. The molecule has 6 nitrogen and oxygen atoms in total. The van der Waals surface area contributed by atoms with Crippen LogP contribution in [-0.4, -0.2) is 41.8 Å². The fraction of sp³-hybridized carbons (Fsp3) is 0.348. The van der Waals surface area contributed by atoms with E-state index in [1.165, 1.54) is 0 Å². The average molecular weight is 428 g/mol. The van der Waals surface area contributed by atoms with Crippen molar-refractivity contribution in [2.75, 3.05) is 18.4 Å². The van der Waals surface area contributed by atoms with Crippen molar-refractivity contribution in [1.82, 2.24) is 10.2 Å². The van der Waals surface area contributed by atoms with Crippen LogP contribution in [0.1, 0.15) is 47.4 Å². The molecule has 3 rings (SSSR count). The second-order valence-electron chi connectivity index (χ2n) is 7.76. The number of likely N-dealkylation sites (tertiary alicyclic amines) is 1. The number of piperidine rings is 1. The van der Waals surface area contributed by atoms with E-state index in [9.17, 15) is 14.4 Å². The number of nitrogens with one attached hydrogen (secondary N) is 2. The van der Waals surface area contributed by atoms with E-state index < -0.39 is 0 Å². The summed E-state index contributed by atoms with van der Waals surface area (Å²) in [6.45, 7) is 4.91. The molecule has 1 fully saturated rings. The number of hydrogen-bond donors (Lipinski definition) is 2. The van der Waals surface area contributed by atoms with E-state index in [4.69, 9.17) is 11.6 Å². The van der Waals surface area contributed by atoms with E-state index in [0.717, 1.165) is 12.8 Å². The zero-order valence-electron chi connectivity index (χ0n) is 17.2. The molecule has 0 aliphatic carbocycles. The second-order valence-corrected chi connectivity index (χ2v) is 8.17. The quantitative estimate of drug-likeness (QED) is 0.757. The van der Waals surface area contributed by atoms with Crippen molar-refractivity contribution in [3.8, 4) is 0 Å². The Hall–Kier alpha value is -2.86. The van der Waals surface area contributed by atoms with Gasteiger partial charge in [-0.15, -0.1) is 0 Å². The van der Waals surface area contributed by atoms with E-state index in [1.807, 2.05) is 13.8 Å². The number of nitrogens with zero attached hydrogens (tertiary/aromatic N) is 1. The van der Waals surface area contributed by atoms with Crippen LogP contribution >= 0.6 is 11.6 Å². The van der Waals surface area contributed by atoms with Gasteiger partial charge < -0.3 is 15.5 Å². The highest BCUT2D eigenvalue weighted by molar-refractivity contribution is 6.34. The summed E-state index contributed by atoms with van der Waals surface area (Å²) in [5.41, 5.74) is 1.48. The molecule has 30 heavy (non-hydrogen) atoms. The van der Waals surface area contributed by atoms with E-state index in [2.05, 4.69) is 10.6 Å². The summed E-state index contributed by atoms with van der Waals surface area (Å²) in [6, 6.07) is 13.6. The minimum atomic E-state index is -0.310. The maximum absolute atomic E-state index is 12.9. The Morgan fingerprint density at radius 2 is 1.77 bits per heavy atom. The van der Waals surface area contributed by atoms with E-state index in [-0.39, 0.29) is 29.7 Å². The Balaban J connectivity index is 1.63. The molecule has 1 atom stereocenters. The lowest BCUT2D eigenvalue weighted by molar-refractivity contribution is -0.126. The Kier molecular flexibility index (Phi) is 7.11. The molecule has 2 aromatic rings. The lowest BCUT2D eigenvalue weighted by Crippen LogP contribution is -2.46. The summed E-state index contributed by atoms with van der Waals surface area (Å²) < 4.78 is 0. The Morgan fingerprint density at radius 1 is 1.07 bits per heavy atom. The number of hydrogen-bond acceptors (Lipinski definition) is 3. The molecule has 0 aromatic heterocycles. The molecule has 0 unspecified atom stereocenters. The van der Waals surface area contributed by atoms with Gasteiger partial charge in [0.25, 0.3) is 11.8 Å². The van der Waals surface area contributed by atoms with Crippen LogP contribution in [0.4, 0.5) is 5.69 Å². The third kappa shape index (κ3) is 5.39. The van der Waals surface area contributed by atoms with Gasteiger partial charge in [-0.05, 0) is 63.1 Å². The molecular formula is C23H26ClN3O3. The molecule has 3 amide bonds. The van der Waals surface area contributed by atoms with Crippen LogP contribution in [0.2, 0.25) is 5.02 Å². The van der Waals surface area contributed by atoms with E-state index >= 15 is 0 Å².